The van der Waals surface area contributed by atoms with E-state index < -0.39 is 5.41 Å². The number of amides is 1. The van der Waals surface area contributed by atoms with Gasteiger partial charge in [-0.15, -0.1) is 0 Å². The fraction of sp³-hybridized carbons (Fsp3) is 0.409. The van der Waals surface area contributed by atoms with Gasteiger partial charge < -0.3 is 14.8 Å². The van der Waals surface area contributed by atoms with Crippen LogP contribution in [0.4, 0.5) is 5.69 Å². The van der Waals surface area contributed by atoms with Crippen LogP contribution in [0.5, 0.6) is 11.5 Å². The number of nitrogens with one attached hydrogen (secondary N) is 1. The monoisotopic (exact) mass is 353 g/mol. The van der Waals surface area contributed by atoms with E-state index in [2.05, 4.69) is 50.4 Å². The van der Waals surface area contributed by atoms with Crippen molar-refractivity contribution >= 4 is 11.6 Å². The van der Waals surface area contributed by atoms with Gasteiger partial charge in [0.15, 0.2) is 11.5 Å². The zero-order valence-corrected chi connectivity index (χ0v) is 16.2. The van der Waals surface area contributed by atoms with Gasteiger partial charge in [-0.25, -0.2) is 0 Å². The largest absolute Gasteiger partial charge is 0.493 e. The molecule has 2 aromatic carbocycles. The lowest BCUT2D eigenvalue weighted by Gasteiger charge is -2.21. The fourth-order valence-electron chi connectivity index (χ4n) is 3.23. The first-order chi connectivity index (χ1) is 12.3. The number of carbonyl (C=O) groups is 1. The summed E-state index contributed by atoms with van der Waals surface area (Å²) < 4.78 is 10.6. The Morgan fingerprint density at radius 1 is 0.962 bits per heavy atom. The highest BCUT2D eigenvalue weighted by Crippen LogP contribution is 2.49. The smallest absolute Gasteiger partial charge is 0.235 e. The molecular formula is C22H27NO3. The summed E-state index contributed by atoms with van der Waals surface area (Å²) >= 11 is 0. The lowest BCUT2D eigenvalue weighted by molar-refractivity contribution is -0.118. The predicted molar refractivity (Wildman–Crippen MR) is 104 cm³/mol. The second-order valence-corrected chi connectivity index (χ2v) is 7.93. The molecule has 1 aliphatic carbocycles. The van der Waals surface area contributed by atoms with E-state index in [1.807, 2.05) is 6.07 Å². The molecule has 0 atom stereocenters. The zero-order chi connectivity index (χ0) is 18.9. The third-order valence-corrected chi connectivity index (χ3v) is 5.13. The normalized spacial score (nSPS) is 15.3. The Morgan fingerprint density at radius 3 is 2.08 bits per heavy atom. The molecule has 0 radical (unpaired) electrons. The van der Waals surface area contributed by atoms with Crippen molar-refractivity contribution in [3.05, 3.63) is 53.6 Å². The van der Waals surface area contributed by atoms with Crippen LogP contribution in [0.25, 0.3) is 0 Å². The Balaban J connectivity index is 1.79. The molecule has 4 heteroatoms. The van der Waals surface area contributed by atoms with Crippen LogP contribution in [0.2, 0.25) is 0 Å². The van der Waals surface area contributed by atoms with Crippen LogP contribution in [-0.4, -0.2) is 20.1 Å². The highest BCUT2D eigenvalue weighted by Gasteiger charge is 2.51. The van der Waals surface area contributed by atoms with E-state index in [-0.39, 0.29) is 11.3 Å². The molecule has 26 heavy (non-hydrogen) atoms. The Hall–Kier alpha value is -2.49. The van der Waals surface area contributed by atoms with Gasteiger partial charge in [-0.2, -0.15) is 0 Å². The number of hydrogen-bond acceptors (Lipinski definition) is 3. The van der Waals surface area contributed by atoms with Crippen molar-refractivity contribution in [3.63, 3.8) is 0 Å². The first kappa shape index (κ1) is 18.3. The number of ether oxygens (including phenoxy) is 2. The van der Waals surface area contributed by atoms with Crippen LogP contribution in [0, 0.1) is 0 Å². The molecule has 0 saturated heterocycles. The summed E-state index contributed by atoms with van der Waals surface area (Å²) in [6, 6.07) is 13.9. The van der Waals surface area contributed by atoms with E-state index in [1.54, 1.807) is 26.4 Å². The summed E-state index contributed by atoms with van der Waals surface area (Å²) in [5.74, 6) is 1.28. The number of rotatable bonds is 5. The summed E-state index contributed by atoms with van der Waals surface area (Å²) in [6.07, 6.45) is 1.75. The Labute approximate surface area is 155 Å². The summed E-state index contributed by atoms with van der Waals surface area (Å²) in [5, 5.41) is 3.04. The molecule has 4 nitrogen and oxygen atoms in total. The molecule has 3 rings (SSSR count). The quantitative estimate of drug-likeness (QED) is 0.849. The molecule has 1 aliphatic rings. The number of benzene rings is 2. The Bertz CT molecular complexity index is 799. The third kappa shape index (κ3) is 3.41. The van der Waals surface area contributed by atoms with E-state index in [0.717, 1.165) is 18.4 Å². The van der Waals surface area contributed by atoms with E-state index in [4.69, 9.17) is 9.47 Å². The molecule has 1 N–H and O–H groups in total. The highest BCUT2D eigenvalue weighted by molar-refractivity contribution is 6.01. The van der Waals surface area contributed by atoms with Gasteiger partial charge in [0.1, 0.15) is 0 Å². The average Bonchev–Trinajstić information content (AvgIpc) is 3.43. The predicted octanol–water partition coefficient (Wildman–Crippen LogP) is 4.67. The van der Waals surface area contributed by atoms with Crippen LogP contribution in [0.1, 0.15) is 44.7 Å². The molecular weight excluding hydrogens is 326 g/mol. The van der Waals surface area contributed by atoms with E-state index in [1.165, 1.54) is 5.56 Å². The average molecular weight is 353 g/mol. The summed E-state index contributed by atoms with van der Waals surface area (Å²) in [5.41, 5.74) is 2.77. The summed E-state index contributed by atoms with van der Waals surface area (Å²) in [4.78, 5) is 12.9. The minimum atomic E-state index is -0.413. The molecule has 0 bridgehead atoms. The van der Waals surface area contributed by atoms with Crippen molar-refractivity contribution in [2.45, 2.75) is 44.4 Å². The second kappa shape index (κ2) is 6.67. The van der Waals surface area contributed by atoms with Crippen molar-refractivity contribution in [2.24, 2.45) is 0 Å². The van der Waals surface area contributed by atoms with Gasteiger partial charge in [0.25, 0.3) is 0 Å². The molecule has 1 fully saturated rings. The van der Waals surface area contributed by atoms with Crippen molar-refractivity contribution in [2.75, 3.05) is 19.5 Å². The van der Waals surface area contributed by atoms with Gasteiger partial charge in [0, 0.05) is 11.8 Å². The zero-order valence-electron chi connectivity index (χ0n) is 16.2. The molecule has 2 aromatic rings. The molecule has 0 heterocycles. The lowest BCUT2D eigenvalue weighted by Crippen LogP contribution is -2.28. The van der Waals surface area contributed by atoms with Crippen molar-refractivity contribution in [3.8, 4) is 11.5 Å². The summed E-state index contributed by atoms with van der Waals surface area (Å²) in [7, 11) is 3.18. The Morgan fingerprint density at radius 2 is 1.58 bits per heavy atom. The molecule has 1 amide bonds. The van der Waals surface area contributed by atoms with Gasteiger partial charge in [-0.3, -0.25) is 4.79 Å². The highest BCUT2D eigenvalue weighted by atomic mass is 16.5. The number of carbonyl (C=O) groups excluding carboxylic acids is 1. The maximum absolute atomic E-state index is 12.9. The number of anilines is 1. The molecule has 138 valence electrons. The van der Waals surface area contributed by atoms with Crippen LogP contribution in [0.3, 0.4) is 0 Å². The van der Waals surface area contributed by atoms with Crippen molar-refractivity contribution < 1.29 is 14.3 Å². The molecule has 0 aromatic heterocycles. The van der Waals surface area contributed by atoms with Gasteiger partial charge in [-0.1, -0.05) is 45.0 Å². The number of hydrogen-bond donors (Lipinski definition) is 1. The topological polar surface area (TPSA) is 47.6 Å². The maximum atomic E-state index is 12.9. The van der Waals surface area contributed by atoms with E-state index in [0.29, 0.717) is 17.2 Å². The SMILES string of the molecule is COc1ccc(NC(=O)C2(c3ccc(C(C)(C)C)cc3)CC2)cc1OC. The molecule has 0 aliphatic heterocycles. The summed E-state index contributed by atoms with van der Waals surface area (Å²) in [6.45, 7) is 6.58. The minimum absolute atomic E-state index is 0.0354. The van der Waals surface area contributed by atoms with E-state index in [9.17, 15) is 4.79 Å². The molecule has 1 saturated carbocycles. The minimum Gasteiger partial charge on any atom is -0.493 e. The fourth-order valence-corrected chi connectivity index (χ4v) is 3.23. The first-order valence-corrected chi connectivity index (χ1v) is 8.95. The van der Waals surface area contributed by atoms with Gasteiger partial charge >= 0.3 is 0 Å². The van der Waals surface area contributed by atoms with Crippen LogP contribution >= 0.6 is 0 Å². The van der Waals surface area contributed by atoms with Gasteiger partial charge in [0.05, 0.1) is 19.6 Å². The van der Waals surface area contributed by atoms with E-state index >= 15 is 0 Å². The van der Waals surface area contributed by atoms with Gasteiger partial charge in [0.2, 0.25) is 5.91 Å². The molecule has 0 unspecified atom stereocenters. The second-order valence-electron chi connectivity index (χ2n) is 7.93. The van der Waals surface area contributed by atoms with Crippen molar-refractivity contribution in [1.82, 2.24) is 0 Å². The standard InChI is InChI=1S/C22H27NO3/c1-21(2,3)15-6-8-16(9-7-15)22(12-13-22)20(24)23-17-10-11-18(25-4)19(14-17)26-5/h6-11,14H,12-13H2,1-5H3,(H,23,24). The first-order valence-electron chi connectivity index (χ1n) is 8.95. The maximum Gasteiger partial charge on any atom is 0.235 e. The number of methoxy groups -OCH3 is 2. The Kier molecular flexibility index (Phi) is 4.70. The van der Waals surface area contributed by atoms with Crippen LogP contribution in [0.15, 0.2) is 42.5 Å². The van der Waals surface area contributed by atoms with Gasteiger partial charge in [-0.05, 0) is 41.5 Å². The van der Waals surface area contributed by atoms with Crippen LogP contribution in [-0.2, 0) is 15.6 Å². The van der Waals surface area contributed by atoms with Crippen molar-refractivity contribution in [1.29, 1.82) is 0 Å². The van der Waals surface area contributed by atoms with Crippen LogP contribution < -0.4 is 14.8 Å². The molecule has 0 spiro atoms. The third-order valence-electron chi connectivity index (χ3n) is 5.13. The lowest BCUT2D eigenvalue weighted by atomic mass is 9.85.